The van der Waals surface area contributed by atoms with Gasteiger partial charge >= 0.3 is 10.1 Å². The zero-order valence-corrected chi connectivity index (χ0v) is 12.9. The molecule has 22 heavy (non-hydrogen) atoms. The van der Waals surface area contributed by atoms with Crippen molar-refractivity contribution in [2.24, 2.45) is 0 Å². The van der Waals surface area contributed by atoms with Crippen LogP contribution in [0.3, 0.4) is 0 Å². The largest absolute Gasteiger partial charge is 0.490 e. The summed E-state index contributed by atoms with van der Waals surface area (Å²) in [6, 6.07) is 11.5. The van der Waals surface area contributed by atoms with Gasteiger partial charge in [0.15, 0.2) is 11.5 Å². The van der Waals surface area contributed by atoms with Crippen molar-refractivity contribution in [3.05, 3.63) is 48.0 Å². The maximum absolute atomic E-state index is 12.4. The van der Waals surface area contributed by atoms with Gasteiger partial charge in [0.25, 0.3) is 0 Å². The minimum atomic E-state index is -3.92. The van der Waals surface area contributed by atoms with E-state index >= 15 is 0 Å². The third kappa shape index (κ3) is 3.01. The molecule has 0 aliphatic carbocycles. The summed E-state index contributed by atoms with van der Waals surface area (Å²) in [5.74, 6) is 1.29. The number of rotatable bonds is 3. The molecule has 2 aromatic rings. The fourth-order valence-electron chi connectivity index (χ4n) is 2.12. The Balaban J connectivity index is 1.92. The monoisotopic (exact) mass is 320 g/mol. The van der Waals surface area contributed by atoms with E-state index in [2.05, 4.69) is 0 Å². The van der Waals surface area contributed by atoms with Crippen LogP contribution in [0.15, 0.2) is 47.4 Å². The highest BCUT2D eigenvalue weighted by Gasteiger charge is 2.21. The molecule has 0 saturated carbocycles. The smallest absolute Gasteiger partial charge is 0.339 e. The standard InChI is InChI=1S/C16H16O5S/c1-12-5-2-3-6-14(12)21-22(17,18)13-7-8-15-16(11-13)20-10-4-9-19-15/h2-3,5-8,11H,4,9-10H2,1H3. The molecule has 0 aromatic heterocycles. The van der Waals surface area contributed by atoms with Gasteiger partial charge in [0.05, 0.1) is 13.2 Å². The molecule has 1 aliphatic rings. The molecule has 0 bridgehead atoms. The Morgan fingerprint density at radius 1 is 1.00 bits per heavy atom. The van der Waals surface area contributed by atoms with Crippen LogP contribution >= 0.6 is 0 Å². The second kappa shape index (κ2) is 5.88. The summed E-state index contributed by atoms with van der Waals surface area (Å²) in [6.07, 6.45) is 0.760. The molecule has 0 saturated heterocycles. The van der Waals surface area contributed by atoms with Crippen LogP contribution < -0.4 is 13.7 Å². The first-order valence-corrected chi connectivity index (χ1v) is 8.37. The van der Waals surface area contributed by atoms with Crippen molar-refractivity contribution in [3.8, 4) is 17.2 Å². The van der Waals surface area contributed by atoms with Gasteiger partial charge in [-0.1, -0.05) is 18.2 Å². The molecule has 2 aromatic carbocycles. The normalized spacial score (nSPS) is 14.2. The van der Waals surface area contributed by atoms with Gasteiger partial charge in [0, 0.05) is 12.5 Å². The molecule has 0 N–H and O–H groups in total. The molecule has 6 heteroatoms. The summed E-state index contributed by atoms with van der Waals surface area (Å²) >= 11 is 0. The van der Waals surface area contributed by atoms with Crippen LogP contribution in [0.2, 0.25) is 0 Å². The molecule has 1 heterocycles. The van der Waals surface area contributed by atoms with Gasteiger partial charge in [0.2, 0.25) is 0 Å². The minimum absolute atomic E-state index is 0.0417. The van der Waals surface area contributed by atoms with E-state index < -0.39 is 10.1 Å². The molecule has 0 spiro atoms. The van der Waals surface area contributed by atoms with Crippen molar-refractivity contribution in [1.82, 2.24) is 0 Å². The van der Waals surface area contributed by atoms with E-state index in [4.69, 9.17) is 13.7 Å². The van der Waals surface area contributed by atoms with E-state index in [-0.39, 0.29) is 4.90 Å². The van der Waals surface area contributed by atoms with Crippen LogP contribution in [0.5, 0.6) is 17.2 Å². The lowest BCUT2D eigenvalue weighted by atomic mass is 10.2. The highest BCUT2D eigenvalue weighted by Crippen LogP contribution is 2.33. The van der Waals surface area contributed by atoms with Crippen molar-refractivity contribution in [2.75, 3.05) is 13.2 Å². The van der Waals surface area contributed by atoms with Gasteiger partial charge in [-0.15, -0.1) is 0 Å². The van der Waals surface area contributed by atoms with Crippen molar-refractivity contribution >= 4 is 10.1 Å². The van der Waals surface area contributed by atoms with Gasteiger partial charge < -0.3 is 13.7 Å². The van der Waals surface area contributed by atoms with Crippen molar-refractivity contribution in [1.29, 1.82) is 0 Å². The predicted molar refractivity (Wildman–Crippen MR) is 81.0 cm³/mol. The van der Waals surface area contributed by atoms with Gasteiger partial charge in [-0.05, 0) is 30.7 Å². The van der Waals surface area contributed by atoms with E-state index in [1.54, 1.807) is 31.2 Å². The van der Waals surface area contributed by atoms with Gasteiger partial charge in [0.1, 0.15) is 10.6 Å². The zero-order valence-electron chi connectivity index (χ0n) is 12.1. The number of fused-ring (bicyclic) bond motifs is 1. The quantitative estimate of drug-likeness (QED) is 0.814. The number of hydrogen-bond acceptors (Lipinski definition) is 5. The Bertz CT molecular complexity index is 783. The highest BCUT2D eigenvalue weighted by molar-refractivity contribution is 7.87. The summed E-state index contributed by atoms with van der Waals surface area (Å²) in [7, 11) is -3.92. The van der Waals surface area contributed by atoms with Gasteiger partial charge in [-0.2, -0.15) is 8.42 Å². The molecule has 116 valence electrons. The molecule has 0 atom stereocenters. The van der Waals surface area contributed by atoms with Gasteiger partial charge in [-0.25, -0.2) is 0 Å². The maximum Gasteiger partial charge on any atom is 0.339 e. The number of hydrogen-bond donors (Lipinski definition) is 0. The Morgan fingerprint density at radius 2 is 1.73 bits per heavy atom. The lowest BCUT2D eigenvalue weighted by Gasteiger charge is -2.11. The molecule has 3 rings (SSSR count). The third-order valence-electron chi connectivity index (χ3n) is 3.30. The van der Waals surface area contributed by atoms with Crippen molar-refractivity contribution in [3.63, 3.8) is 0 Å². The average molecular weight is 320 g/mol. The summed E-state index contributed by atoms with van der Waals surface area (Å²) in [5.41, 5.74) is 0.750. The highest BCUT2D eigenvalue weighted by atomic mass is 32.2. The van der Waals surface area contributed by atoms with E-state index in [1.807, 2.05) is 6.07 Å². The minimum Gasteiger partial charge on any atom is -0.490 e. The summed E-state index contributed by atoms with van der Waals surface area (Å²) in [6.45, 7) is 2.84. The summed E-state index contributed by atoms with van der Waals surface area (Å²) in [4.78, 5) is 0.0417. The van der Waals surface area contributed by atoms with E-state index in [1.165, 1.54) is 12.1 Å². The van der Waals surface area contributed by atoms with Gasteiger partial charge in [-0.3, -0.25) is 0 Å². The van der Waals surface area contributed by atoms with E-state index in [0.29, 0.717) is 30.5 Å². The number of ether oxygens (including phenoxy) is 2. The molecule has 0 fully saturated rings. The second-order valence-electron chi connectivity index (χ2n) is 4.96. The second-order valence-corrected chi connectivity index (χ2v) is 6.51. The first-order chi connectivity index (χ1) is 10.6. The lowest BCUT2D eigenvalue weighted by Crippen LogP contribution is -2.10. The van der Waals surface area contributed by atoms with Crippen molar-refractivity contribution < 1.29 is 22.1 Å². The third-order valence-corrected chi connectivity index (χ3v) is 4.53. The fraction of sp³-hybridized carbons (Fsp3) is 0.250. The van der Waals surface area contributed by atoms with Crippen LogP contribution in [-0.4, -0.2) is 21.6 Å². The molecule has 5 nitrogen and oxygen atoms in total. The number of aryl methyl sites for hydroxylation is 1. The topological polar surface area (TPSA) is 61.8 Å². The molecule has 1 aliphatic heterocycles. The fourth-order valence-corrected chi connectivity index (χ4v) is 3.12. The SMILES string of the molecule is Cc1ccccc1OS(=O)(=O)c1ccc2c(c1)OCCCO2. The molecule has 0 unspecified atom stereocenters. The Kier molecular flexibility index (Phi) is 3.94. The maximum atomic E-state index is 12.4. The van der Waals surface area contributed by atoms with Crippen LogP contribution in [0.1, 0.15) is 12.0 Å². The van der Waals surface area contributed by atoms with E-state index in [9.17, 15) is 8.42 Å². The lowest BCUT2D eigenvalue weighted by molar-refractivity contribution is 0.296. The average Bonchev–Trinajstić information content (AvgIpc) is 2.74. The van der Waals surface area contributed by atoms with Crippen LogP contribution in [0, 0.1) is 6.92 Å². The molecular formula is C16H16O5S. The number of benzene rings is 2. The van der Waals surface area contributed by atoms with Crippen LogP contribution in [-0.2, 0) is 10.1 Å². The Morgan fingerprint density at radius 3 is 2.50 bits per heavy atom. The summed E-state index contributed by atoms with van der Waals surface area (Å²) in [5, 5.41) is 0. The molecular weight excluding hydrogens is 304 g/mol. The molecule has 0 radical (unpaired) electrons. The zero-order chi connectivity index (χ0) is 15.6. The van der Waals surface area contributed by atoms with Crippen LogP contribution in [0.4, 0.5) is 0 Å². The Labute approximate surface area is 129 Å². The molecule has 0 amide bonds. The predicted octanol–water partition coefficient (Wildman–Crippen LogP) is 2.92. The first-order valence-electron chi connectivity index (χ1n) is 6.96. The first kappa shape index (κ1) is 14.7. The van der Waals surface area contributed by atoms with E-state index in [0.717, 1.165) is 12.0 Å². The van der Waals surface area contributed by atoms with Crippen molar-refractivity contribution in [2.45, 2.75) is 18.2 Å². The van der Waals surface area contributed by atoms with Crippen LogP contribution in [0.25, 0.3) is 0 Å². The summed E-state index contributed by atoms with van der Waals surface area (Å²) < 4.78 is 41.0. The Hall–Kier alpha value is -2.21. The number of para-hydroxylation sites is 1.